The zero-order valence-corrected chi connectivity index (χ0v) is 25.7. The van der Waals surface area contributed by atoms with Crippen molar-refractivity contribution in [2.75, 3.05) is 44.9 Å². The van der Waals surface area contributed by atoms with E-state index in [9.17, 15) is 9.50 Å². The van der Waals surface area contributed by atoms with Gasteiger partial charge in [-0.2, -0.15) is 9.97 Å². The summed E-state index contributed by atoms with van der Waals surface area (Å²) < 4.78 is 43.9. The van der Waals surface area contributed by atoms with Crippen molar-refractivity contribution in [3.05, 3.63) is 47.7 Å². The maximum atomic E-state index is 16.8. The minimum absolute atomic E-state index is 0.00728. The number of likely N-dealkylation sites (tertiary alicyclic amines) is 1. The molecule has 3 fully saturated rings. The molecule has 7 rings (SSSR count). The lowest BCUT2D eigenvalue weighted by molar-refractivity contribution is 0.0133. The molecular weight excluding hydrogens is 576 g/mol. The van der Waals surface area contributed by atoms with E-state index in [2.05, 4.69) is 32.7 Å². The van der Waals surface area contributed by atoms with Crippen LogP contribution in [0.3, 0.4) is 0 Å². The van der Waals surface area contributed by atoms with Gasteiger partial charge in [-0.15, -0.1) is 6.42 Å². The van der Waals surface area contributed by atoms with Crippen LogP contribution in [0.4, 0.5) is 14.6 Å². The Morgan fingerprint density at radius 2 is 2.00 bits per heavy atom. The molecule has 0 radical (unpaired) electrons. The number of aromatic hydroxyl groups is 1. The van der Waals surface area contributed by atoms with Gasteiger partial charge in [0.15, 0.2) is 5.82 Å². The van der Waals surface area contributed by atoms with E-state index in [0.29, 0.717) is 49.0 Å². The molecule has 1 N–H and O–H groups in total. The number of ether oxygens (including phenoxy) is 2. The molecule has 4 heterocycles. The van der Waals surface area contributed by atoms with Gasteiger partial charge in [0.05, 0.1) is 30.2 Å². The van der Waals surface area contributed by atoms with Gasteiger partial charge in [-0.3, -0.25) is 4.98 Å². The highest BCUT2D eigenvalue weighted by molar-refractivity contribution is 6.03. The quantitative estimate of drug-likeness (QED) is 0.272. The molecule has 8 nitrogen and oxygen atoms in total. The molecular formula is C35H37F2N5O3. The summed E-state index contributed by atoms with van der Waals surface area (Å²) >= 11 is 0. The first-order valence-corrected chi connectivity index (χ1v) is 15.8. The minimum atomic E-state index is -0.729. The van der Waals surface area contributed by atoms with Crippen LogP contribution >= 0.6 is 0 Å². The smallest absolute Gasteiger partial charge is 0.319 e. The van der Waals surface area contributed by atoms with Gasteiger partial charge >= 0.3 is 6.01 Å². The normalized spacial score (nSPS) is 24.0. The van der Waals surface area contributed by atoms with Crippen molar-refractivity contribution in [2.45, 2.75) is 57.5 Å². The number of phenols is 1. The average molecular weight is 614 g/mol. The van der Waals surface area contributed by atoms with Crippen LogP contribution in [-0.2, 0) is 4.74 Å². The number of terminal acetylenes is 1. The van der Waals surface area contributed by atoms with Gasteiger partial charge in [-0.05, 0) is 76.2 Å². The Morgan fingerprint density at radius 3 is 2.84 bits per heavy atom. The predicted molar refractivity (Wildman–Crippen MR) is 169 cm³/mol. The van der Waals surface area contributed by atoms with E-state index in [1.807, 2.05) is 6.92 Å². The SMILES string of the molecule is C#Cc1c(F)ccc2cc(O)cc(-c3ncc4c(N5CCCOCC5C)nc(OCC56CCCC5N(C)CCC6)nc4c3F)c12. The topological polar surface area (TPSA) is 83.8 Å². The second-order valence-electron chi connectivity index (χ2n) is 12.8. The van der Waals surface area contributed by atoms with Crippen molar-refractivity contribution in [1.29, 1.82) is 0 Å². The Labute approximate surface area is 261 Å². The van der Waals surface area contributed by atoms with Gasteiger partial charge in [0, 0.05) is 41.8 Å². The summed E-state index contributed by atoms with van der Waals surface area (Å²) in [7, 11) is 2.18. The zero-order chi connectivity index (χ0) is 31.3. The number of anilines is 1. The Hall–Kier alpha value is -4.07. The van der Waals surface area contributed by atoms with Crippen LogP contribution in [0.15, 0.2) is 30.5 Å². The summed E-state index contributed by atoms with van der Waals surface area (Å²) in [6, 6.07) is 6.07. The number of hydrogen-bond acceptors (Lipinski definition) is 8. The van der Waals surface area contributed by atoms with Crippen molar-refractivity contribution in [3.8, 4) is 35.4 Å². The number of nitrogens with zero attached hydrogens (tertiary/aromatic N) is 5. The van der Waals surface area contributed by atoms with Crippen molar-refractivity contribution in [3.63, 3.8) is 0 Å². The Morgan fingerprint density at radius 1 is 1.16 bits per heavy atom. The summed E-state index contributed by atoms with van der Waals surface area (Å²) in [4.78, 5) is 18.6. The van der Waals surface area contributed by atoms with Crippen molar-refractivity contribution in [2.24, 2.45) is 5.41 Å². The van der Waals surface area contributed by atoms with Gasteiger partial charge < -0.3 is 24.4 Å². The number of aromatic nitrogens is 3. The Balaban J connectivity index is 1.39. The van der Waals surface area contributed by atoms with Crippen LogP contribution in [0, 0.1) is 29.4 Å². The summed E-state index contributed by atoms with van der Waals surface area (Å²) in [6.07, 6.45) is 13.6. The standard InChI is InChI=1S/C35H37F2N5O3/c1-4-24-27(36)10-9-22-16-23(43)17-25(29(22)24)31-30(37)32-26(18-38-31)33(42-14-7-15-44-19-21(42)2)40-34(39-32)45-20-35-11-5-8-28(35)41(3)13-6-12-35/h1,9-10,16-18,21,28,43H,5-8,11-15,19-20H2,2-3H3. The number of piperidine rings is 1. The maximum absolute atomic E-state index is 16.8. The number of halogens is 2. The largest absolute Gasteiger partial charge is 0.508 e. The molecule has 1 saturated carbocycles. The van der Waals surface area contributed by atoms with Crippen LogP contribution in [0.2, 0.25) is 0 Å². The van der Waals surface area contributed by atoms with E-state index in [-0.39, 0.29) is 50.9 Å². The van der Waals surface area contributed by atoms with E-state index < -0.39 is 11.6 Å². The Kier molecular flexibility index (Phi) is 7.70. The summed E-state index contributed by atoms with van der Waals surface area (Å²) in [6.45, 7) is 5.37. The Bertz CT molecular complexity index is 1830. The molecule has 2 aliphatic heterocycles. The molecule has 3 aliphatic rings. The van der Waals surface area contributed by atoms with Gasteiger partial charge in [0.2, 0.25) is 0 Å². The number of phenolic OH excluding ortho intramolecular Hbond substituents is 1. The highest BCUT2D eigenvalue weighted by Crippen LogP contribution is 2.47. The summed E-state index contributed by atoms with van der Waals surface area (Å²) in [5, 5.41) is 11.7. The lowest BCUT2D eigenvalue weighted by Gasteiger charge is -2.44. The molecule has 0 spiro atoms. The maximum Gasteiger partial charge on any atom is 0.319 e. The fraction of sp³-hybridized carbons (Fsp3) is 0.457. The number of benzene rings is 2. The lowest BCUT2D eigenvalue weighted by Crippen LogP contribution is -2.50. The summed E-state index contributed by atoms with van der Waals surface area (Å²) in [5.41, 5.74) is 0.0877. The van der Waals surface area contributed by atoms with Crippen molar-refractivity contribution < 1.29 is 23.4 Å². The first kappa shape index (κ1) is 29.6. The van der Waals surface area contributed by atoms with E-state index >= 15 is 4.39 Å². The van der Waals surface area contributed by atoms with E-state index in [1.54, 1.807) is 0 Å². The zero-order valence-electron chi connectivity index (χ0n) is 25.7. The molecule has 0 bridgehead atoms. The van der Waals surface area contributed by atoms with Gasteiger partial charge in [0.1, 0.15) is 28.6 Å². The molecule has 1 aliphatic carbocycles. The second kappa shape index (κ2) is 11.7. The molecule has 2 aromatic heterocycles. The third-order valence-electron chi connectivity index (χ3n) is 10.0. The van der Waals surface area contributed by atoms with Crippen LogP contribution in [-0.4, -0.2) is 77.0 Å². The van der Waals surface area contributed by atoms with Crippen LogP contribution < -0.4 is 9.64 Å². The van der Waals surface area contributed by atoms with Crippen LogP contribution in [0.5, 0.6) is 11.8 Å². The molecule has 45 heavy (non-hydrogen) atoms. The highest BCUT2D eigenvalue weighted by Gasteiger charge is 2.47. The van der Waals surface area contributed by atoms with E-state index in [1.165, 1.54) is 30.5 Å². The number of pyridine rings is 1. The number of fused-ring (bicyclic) bond motifs is 3. The molecule has 2 saturated heterocycles. The fourth-order valence-corrected chi connectivity index (χ4v) is 7.85. The third-order valence-corrected chi connectivity index (χ3v) is 10.0. The van der Waals surface area contributed by atoms with Gasteiger partial charge in [0.25, 0.3) is 0 Å². The molecule has 3 atom stereocenters. The monoisotopic (exact) mass is 613 g/mol. The molecule has 3 unspecified atom stereocenters. The van der Waals surface area contributed by atoms with Crippen LogP contribution in [0.1, 0.15) is 51.0 Å². The third kappa shape index (κ3) is 5.12. The van der Waals surface area contributed by atoms with E-state index in [4.69, 9.17) is 20.9 Å². The van der Waals surface area contributed by atoms with Crippen molar-refractivity contribution in [1.82, 2.24) is 19.9 Å². The molecule has 10 heteroatoms. The second-order valence-corrected chi connectivity index (χ2v) is 12.8. The summed E-state index contributed by atoms with van der Waals surface area (Å²) in [5.74, 6) is 1.45. The molecule has 2 aromatic carbocycles. The molecule has 0 amide bonds. The fourth-order valence-electron chi connectivity index (χ4n) is 7.85. The average Bonchev–Trinajstić information content (AvgIpc) is 3.36. The first-order valence-electron chi connectivity index (χ1n) is 15.8. The minimum Gasteiger partial charge on any atom is -0.508 e. The number of hydrogen-bond donors (Lipinski definition) is 1. The van der Waals surface area contributed by atoms with Gasteiger partial charge in [-0.1, -0.05) is 18.4 Å². The lowest BCUT2D eigenvalue weighted by atomic mass is 9.76. The number of rotatable bonds is 5. The van der Waals surface area contributed by atoms with Gasteiger partial charge in [-0.25, -0.2) is 8.78 Å². The van der Waals surface area contributed by atoms with Crippen molar-refractivity contribution >= 4 is 27.5 Å². The van der Waals surface area contributed by atoms with E-state index in [0.717, 1.165) is 45.1 Å². The first-order chi connectivity index (χ1) is 21.8. The van der Waals surface area contributed by atoms with Crippen LogP contribution in [0.25, 0.3) is 32.9 Å². The predicted octanol–water partition coefficient (Wildman–Crippen LogP) is 6.07. The molecule has 234 valence electrons. The molecule has 4 aromatic rings. The highest BCUT2D eigenvalue weighted by atomic mass is 19.1.